The fourth-order valence-electron chi connectivity index (χ4n) is 2.18. The Hall–Kier alpha value is -2.08. The maximum atomic E-state index is 12.0. The molecule has 0 spiro atoms. The van der Waals surface area contributed by atoms with Crippen LogP contribution in [0.25, 0.3) is 0 Å². The number of aliphatic hydroxyl groups is 1. The normalized spacial score (nSPS) is 18.4. The fraction of sp³-hybridized carbons (Fsp3) is 0.385. The minimum Gasteiger partial charge on any atom is -0.478 e. The van der Waals surface area contributed by atoms with E-state index in [1.165, 1.54) is 4.90 Å². The number of aliphatic hydroxyl groups excluding tert-OH is 1. The van der Waals surface area contributed by atoms with E-state index in [0.717, 1.165) is 0 Å². The molecule has 2 rings (SSSR count). The van der Waals surface area contributed by atoms with Crippen molar-refractivity contribution in [3.8, 4) is 0 Å². The second-order valence-corrected chi connectivity index (χ2v) is 4.62. The largest absolute Gasteiger partial charge is 0.478 e. The van der Waals surface area contributed by atoms with E-state index < -0.39 is 12.1 Å². The number of urea groups is 1. The molecule has 6 nitrogen and oxygen atoms in total. The molecule has 1 aromatic carbocycles. The molecule has 2 amide bonds. The van der Waals surface area contributed by atoms with E-state index in [1.807, 2.05) is 0 Å². The van der Waals surface area contributed by atoms with Crippen LogP contribution in [0.1, 0.15) is 22.3 Å². The van der Waals surface area contributed by atoms with Crippen LogP contribution in [-0.4, -0.2) is 46.3 Å². The quantitative estimate of drug-likeness (QED) is 0.750. The van der Waals surface area contributed by atoms with Gasteiger partial charge in [0.15, 0.2) is 0 Å². The number of benzene rings is 1. The highest BCUT2D eigenvalue weighted by Gasteiger charge is 2.25. The van der Waals surface area contributed by atoms with Crippen molar-refractivity contribution in [3.05, 3.63) is 29.3 Å². The summed E-state index contributed by atoms with van der Waals surface area (Å²) in [7, 11) is 0. The van der Waals surface area contributed by atoms with Crippen LogP contribution < -0.4 is 5.32 Å². The highest BCUT2D eigenvalue weighted by Crippen LogP contribution is 2.20. The Morgan fingerprint density at radius 2 is 2.16 bits per heavy atom. The average molecular weight is 264 g/mol. The number of nitrogens with zero attached hydrogens (tertiary/aromatic N) is 1. The Balaban J connectivity index is 2.17. The first-order valence-corrected chi connectivity index (χ1v) is 6.06. The van der Waals surface area contributed by atoms with Crippen molar-refractivity contribution in [2.45, 2.75) is 19.4 Å². The molecule has 0 radical (unpaired) electrons. The molecule has 1 atom stereocenters. The fourth-order valence-corrected chi connectivity index (χ4v) is 2.18. The van der Waals surface area contributed by atoms with Gasteiger partial charge in [0, 0.05) is 13.1 Å². The second kappa shape index (κ2) is 5.27. The maximum absolute atomic E-state index is 12.0. The molecule has 0 saturated carbocycles. The number of anilines is 1. The van der Waals surface area contributed by atoms with E-state index >= 15 is 0 Å². The van der Waals surface area contributed by atoms with E-state index in [2.05, 4.69) is 5.32 Å². The number of carbonyl (C=O) groups is 2. The van der Waals surface area contributed by atoms with E-state index in [4.69, 9.17) is 5.11 Å². The van der Waals surface area contributed by atoms with Gasteiger partial charge in [-0.2, -0.15) is 0 Å². The third kappa shape index (κ3) is 2.85. The van der Waals surface area contributed by atoms with Crippen LogP contribution in [-0.2, 0) is 0 Å². The molecule has 0 aromatic heterocycles. The number of β-amino-alcohol motifs (C(OH)–C–C–N with tert-alkyl or cyclic N) is 1. The van der Waals surface area contributed by atoms with Crippen LogP contribution in [0.2, 0.25) is 0 Å². The molecule has 0 bridgehead atoms. The number of amides is 2. The van der Waals surface area contributed by atoms with Gasteiger partial charge in [0.2, 0.25) is 0 Å². The Kier molecular flexibility index (Phi) is 3.71. The Labute approximate surface area is 110 Å². The van der Waals surface area contributed by atoms with E-state index in [-0.39, 0.29) is 23.8 Å². The lowest BCUT2D eigenvalue weighted by molar-refractivity contribution is 0.0697. The number of aromatic carboxylic acids is 1. The summed E-state index contributed by atoms with van der Waals surface area (Å²) in [4.78, 5) is 24.6. The number of carboxylic acids is 1. The molecule has 102 valence electrons. The predicted octanol–water partition coefficient (Wildman–Crippen LogP) is 1.29. The van der Waals surface area contributed by atoms with Crippen molar-refractivity contribution in [1.82, 2.24) is 4.90 Å². The molecule has 1 aliphatic heterocycles. The van der Waals surface area contributed by atoms with Gasteiger partial charge in [0.05, 0.1) is 17.4 Å². The number of carboxylic acid groups (broad SMARTS) is 1. The van der Waals surface area contributed by atoms with Gasteiger partial charge < -0.3 is 20.4 Å². The predicted molar refractivity (Wildman–Crippen MR) is 69.4 cm³/mol. The number of hydrogen-bond acceptors (Lipinski definition) is 3. The first-order valence-electron chi connectivity index (χ1n) is 6.06. The van der Waals surface area contributed by atoms with Gasteiger partial charge in [-0.3, -0.25) is 0 Å². The first-order chi connectivity index (χ1) is 8.99. The second-order valence-electron chi connectivity index (χ2n) is 4.62. The van der Waals surface area contributed by atoms with Gasteiger partial charge in [-0.25, -0.2) is 9.59 Å². The monoisotopic (exact) mass is 264 g/mol. The van der Waals surface area contributed by atoms with Crippen molar-refractivity contribution in [1.29, 1.82) is 0 Å². The zero-order chi connectivity index (χ0) is 14.0. The number of carbonyl (C=O) groups excluding carboxylic acids is 1. The van der Waals surface area contributed by atoms with E-state index in [0.29, 0.717) is 18.5 Å². The number of likely N-dealkylation sites (tertiary alicyclic amines) is 1. The van der Waals surface area contributed by atoms with Crippen LogP contribution in [0.5, 0.6) is 0 Å². The molecule has 1 unspecified atom stereocenters. The minimum atomic E-state index is -1.07. The summed E-state index contributed by atoms with van der Waals surface area (Å²) in [6.07, 6.45) is 0.0507. The number of hydrogen-bond donors (Lipinski definition) is 3. The van der Waals surface area contributed by atoms with Crippen LogP contribution in [0.3, 0.4) is 0 Å². The topological polar surface area (TPSA) is 89.9 Å². The first kappa shape index (κ1) is 13.4. The van der Waals surface area contributed by atoms with E-state index in [1.54, 1.807) is 25.1 Å². The minimum absolute atomic E-state index is 0.0931. The third-order valence-electron chi connectivity index (χ3n) is 3.18. The lowest BCUT2D eigenvalue weighted by atomic mass is 10.1. The van der Waals surface area contributed by atoms with Crippen molar-refractivity contribution in [2.75, 3.05) is 18.4 Å². The zero-order valence-corrected chi connectivity index (χ0v) is 10.6. The van der Waals surface area contributed by atoms with E-state index in [9.17, 15) is 14.7 Å². The molecule has 1 aliphatic rings. The van der Waals surface area contributed by atoms with Gasteiger partial charge in [-0.1, -0.05) is 12.1 Å². The highest BCUT2D eigenvalue weighted by molar-refractivity contribution is 6.01. The number of nitrogens with one attached hydrogen (secondary N) is 1. The Morgan fingerprint density at radius 1 is 1.42 bits per heavy atom. The molecule has 0 aliphatic carbocycles. The summed E-state index contributed by atoms with van der Waals surface area (Å²) in [6, 6.07) is 4.54. The standard InChI is InChI=1S/C13H16N2O4/c1-8-3-2-4-10(11(8)12(17)18)14-13(19)15-6-5-9(16)7-15/h2-4,9,16H,5-7H2,1H3,(H,14,19)(H,17,18). The third-order valence-corrected chi connectivity index (χ3v) is 3.18. The lowest BCUT2D eigenvalue weighted by Crippen LogP contribution is -2.34. The lowest BCUT2D eigenvalue weighted by Gasteiger charge is -2.18. The molecule has 6 heteroatoms. The molecule has 3 N–H and O–H groups in total. The van der Waals surface area contributed by atoms with Crippen LogP contribution in [0.15, 0.2) is 18.2 Å². The molecule has 1 fully saturated rings. The summed E-state index contributed by atoms with van der Waals surface area (Å²) < 4.78 is 0. The Morgan fingerprint density at radius 3 is 2.74 bits per heavy atom. The smallest absolute Gasteiger partial charge is 0.338 e. The van der Waals surface area contributed by atoms with Gasteiger partial charge in [-0.15, -0.1) is 0 Å². The van der Waals surface area contributed by atoms with Crippen molar-refractivity contribution in [2.24, 2.45) is 0 Å². The molecular weight excluding hydrogens is 248 g/mol. The van der Waals surface area contributed by atoms with Gasteiger partial charge >= 0.3 is 12.0 Å². The summed E-state index contributed by atoms with van der Waals surface area (Å²) in [5.41, 5.74) is 0.959. The van der Waals surface area contributed by atoms with Crippen LogP contribution >= 0.6 is 0 Å². The summed E-state index contributed by atoms with van der Waals surface area (Å²) in [5, 5.41) is 21.1. The average Bonchev–Trinajstić information content (AvgIpc) is 2.75. The highest BCUT2D eigenvalue weighted by atomic mass is 16.4. The molecule has 19 heavy (non-hydrogen) atoms. The van der Waals surface area contributed by atoms with Crippen molar-refractivity contribution < 1.29 is 19.8 Å². The summed E-state index contributed by atoms with van der Waals surface area (Å²) in [5.74, 6) is -1.07. The van der Waals surface area contributed by atoms with Gasteiger partial charge in [-0.05, 0) is 25.0 Å². The number of aryl methyl sites for hydroxylation is 1. The molecule has 1 aromatic rings. The molecule has 1 heterocycles. The van der Waals surface area contributed by atoms with Crippen LogP contribution in [0, 0.1) is 6.92 Å². The maximum Gasteiger partial charge on any atom is 0.338 e. The van der Waals surface area contributed by atoms with Crippen LogP contribution in [0.4, 0.5) is 10.5 Å². The molecular formula is C13H16N2O4. The van der Waals surface area contributed by atoms with Gasteiger partial charge in [0.1, 0.15) is 0 Å². The van der Waals surface area contributed by atoms with Crippen molar-refractivity contribution >= 4 is 17.7 Å². The van der Waals surface area contributed by atoms with Crippen molar-refractivity contribution in [3.63, 3.8) is 0 Å². The summed E-state index contributed by atoms with van der Waals surface area (Å²) in [6.45, 7) is 2.43. The molecule has 1 saturated heterocycles. The zero-order valence-electron chi connectivity index (χ0n) is 10.6. The number of rotatable bonds is 2. The SMILES string of the molecule is Cc1cccc(NC(=O)N2CCC(O)C2)c1C(=O)O. The van der Waals surface area contributed by atoms with Gasteiger partial charge in [0.25, 0.3) is 0 Å². The summed E-state index contributed by atoms with van der Waals surface area (Å²) >= 11 is 0. The Bertz CT molecular complexity index is 515.